The Morgan fingerprint density at radius 2 is 1.62 bits per heavy atom. The molecule has 18 atom stereocenters. The van der Waals surface area contributed by atoms with Crippen molar-refractivity contribution in [3.63, 3.8) is 0 Å². The molecular weight excluding hydrogens is 1090 g/mol. The smallest absolute Gasteiger partial charge is 0.343 e. The van der Waals surface area contributed by atoms with E-state index in [1.54, 1.807) is 60.7 Å². The summed E-state index contributed by atoms with van der Waals surface area (Å²) < 4.78 is 58.4. The third-order valence-electron chi connectivity index (χ3n) is 18.5. The number of hydrogen-bond donors (Lipinski definition) is 5. The molecule has 5 heterocycles. The molecule has 84 heavy (non-hydrogen) atoms. The number of nitrogens with zero attached hydrogens (tertiary/aromatic N) is 4. The van der Waals surface area contributed by atoms with Crippen molar-refractivity contribution in [2.24, 2.45) is 17.8 Å². The largest absolute Gasteiger partial charge is 0.461 e. The van der Waals surface area contributed by atoms with Crippen molar-refractivity contribution in [1.29, 1.82) is 0 Å². The van der Waals surface area contributed by atoms with Gasteiger partial charge in [0.05, 0.1) is 61.1 Å². The highest BCUT2D eigenvalue weighted by molar-refractivity contribution is 5.94. The van der Waals surface area contributed by atoms with Crippen LogP contribution in [0, 0.1) is 17.8 Å². The first-order valence-corrected chi connectivity index (χ1v) is 30.7. The van der Waals surface area contributed by atoms with Crippen LogP contribution in [0.1, 0.15) is 143 Å². The van der Waals surface area contributed by atoms with Gasteiger partial charge in [-0.25, -0.2) is 4.79 Å². The number of esters is 3. The average molecular weight is 1190 g/mol. The summed E-state index contributed by atoms with van der Waals surface area (Å²) in [4.78, 5) is 61.3. The van der Waals surface area contributed by atoms with Crippen LogP contribution in [0.15, 0.2) is 29.2 Å². The molecule has 1 saturated carbocycles. The van der Waals surface area contributed by atoms with Crippen LogP contribution >= 0.6 is 0 Å². The fourth-order valence-corrected chi connectivity index (χ4v) is 13.3. The third-order valence-corrected chi connectivity index (χ3v) is 18.5. The highest BCUT2D eigenvalue weighted by atomic mass is 16.7. The number of carbonyl (C=O) groups is 3. The minimum atomic E-state index is -1.87. The number of aromatic nitrogens is 1. The van der Waals surface area contributed by atoms with E-state index in [-0.39, 0.29) is 80.6 Å². The maximum Gasteiger partial charge on any atom is 0.343 e. The van der Waals surface area contributed by atoms with Gasteiger partial charge < -0.3 is 82.7 Å². The quantitative estimate of drug-likeness (QED) is 0.0673. The van der Waals surface area contributed by atoms with Crippen LogP contribution in [0.25, 0.3) is 10.9 Å². The Morgan fingerprint density at radius 1 is 0.917 bits per heavy atom. The molecule has 5 fully saturated rings. The third kappa shape index (κ3) is 16.2. The monoisotopic (exact) mass is 1190 g/mol. The maximum absolute atomic E-state index is 14.6. The van der Waals surface area contributed by atoms with Crippen molar-refractivity contribution in [1.82, 2.24) is 19.3 Å². The van der Waals surface area contributed by atoms with Gasteiger partial charge in [-0.05, 0) is 152 Å². The normalized spacial score (nSPS) is 37.1. The molecule has 22 heteroatoms. The first-order valence-electron chi connectivity index (χ1n) is 30.7. The first-order chi connectivity index (χ1) is 39.6. The van der Waals surface area contributed by atoms with Gasteiger partial charge in [0.25, 0.3) is 0 Å². The zero-order valence-corrected chi connectivity index (χ0v) is 52.5. The molecule has 5 N–H and O–H groups in total. The van der Waals surface area contributed by atoms with Crippen molar-refractivity contribution in [3.05, 3.63) is 40.2 Å². The number of rotatable bonds is 20. The number of pyridine rings is 1. The van der Waals surface area contributed by atoms with Gasteiger partial charge in [-0.15, -0.1) is 0 Å². The van der Waals surface area contributed by atoms with E-state index in [0.29, 0.717) is 37.1 Å². The summed E-state index contributed by atoms with van der Waals surface area (Å²) in [6.07, 6.45) is -3.41. The lowest BCUT2D eigenvalue weighted by Crippen LogP contribution is -2.61. The molecule has 5 aliphatic rings. The summed E-state index contributed by atoms with van der Waals surface area (Å²) >= 11 is 0. The number of ether oxygens (including phenoxy) is 9. The second kappa shape index (κ2) is 29.0. The van der Waals surface area contributed by atoms with Crippen LogP contribution in [0.2, 0.25) is 0 Å². The zero-order chi connectivity index (χ0) is 61.6. The zero-order valence-electron chi connectivity index (χ0n) is 52.5. The Labute approximate surface area is 497 Å². The van der Waals surface area contributed by atoms with E-state index < -0.39 is 108 Å². The topological polar surface area (TPSA) is 259 Å². The number of hydrogen-bond acceptors (Lipinski definition) is 21. The molecule has 7 rings (SSSR count). The molecule has 476 valence electrons. The molecule has 2 aromatic rings. The standard InChI is InChI=1S/C62H101N5O17/c1-15-48-62(10,75)54(71)40(6)65(13)34-36(2)32-60(8,74)55(84-59-52(70)47(64(11)12)30-37(3)79-59)38(4)53(39(5)57(72)81-48)83-50-33-61(9,76-14)56(41(7)80-50)82-49(68)22-27-77-28-23-63-42-18-21-46-44(31-42)51(69)45(35-67(46)43-19-20-43)58(73)78-29-26-66-24-16-17-25-66/h18,21,31,35-41,43,47-48,50,52-56,59,63,70-71,74-75H,15-17,19-20,22-30,32-34H2,1-14H3/t36-,37-,38+,39-,40-,41+,47+,48-,50+,52-,53+,54-,55-,56+,59+,60-,61-,62-/m1/s1. The van der Waals surface area contributed by atoms with Gasteiger partial charge in [-0.3, -0.25) is 19.3 Å². The van der Waals surface area contributed by atoms with E-state index in [1.807, 2.05) is 61.5 Å². The Bertz CT molecular complexity index is 2560. The highest BCUT2D eigenvalue weighted by Crippen LogP contribution is 2.42. The summed E-state index contributed by atoms with van der Waals surface area (Å²) in [5, 5.41) is 52.0. The summed E-state index contributed by atoms with van der Waals surface area (Å²) in [7, 11) is 7.08. The van der Waals surface area contributed by atoms with Crippen molar-refractivity contribution >= 4 is 34.5 Å². The number of aliphatic hydroxyl groups excluding tert-OH is 2. The summed E-state index contributed by atoms with van der Waals surface area (Å²) in [5.74, 6) is -4.05. The van der Waals surface area contributed by atoms with Crippen LogP contribution in [-0.4, -0.2) is 229 Å². The van der Waals surface area contributed by atoms with Crippen molar-refractivity contribution in [2.75, 3.05) is 86.1 Å². The van der Waals surface area contributed by atoms with Crippen LogP contribution in [0.4, 0.5) is 5.69 Å². The van der Waals surface area contributed by atoms with Gasteiger partial charge in [-0.1, -0.05) is 20.8 Å². The van der Waals surface area contributed by atoms with Crippen LogP contribution < -0.4 is 10.7 Å². The number of fused-ring (bicyclic) bond motifs is 1. The number of anilines is 1. The molecule has 4 aliphatic heterocycles. The number of carbonyl (C=O) groups excluding carboxylic acids is 3. The molecule has 0 bridgehead atoms. The second-order valence-electron chi connectivity index (χ2n) is 25.8. The molecule has 22 nitrogen and oxygen atoms in total. The predicted molar refractivity (Wildman–Crippen MR) is 314 cm³/mol. The van der Waals surface area contributed by atoms with Gasteiger partial charge in [0.15, 0.2) is 18.7 Å². The van der Waals surface area contributed by atoms with E-state index in [1.165, 1.54) is 14.0 Å². The summed E-state index contributed by atoms with van der Waals surface area (Å²) in [6, 6.07) is 4.82. The minimum Gasteiger partial charge on any atom is -0.461 e. The molecule has 0 radical (unpaired) electrons. The van der Waals surface area contributed by atoms with Crippen molar-refractivity contribution in [3.8, 4) is 0 Å². The van der Waals surface area contributed by atoms with E-state index in [0.717, 1.165) is 44.3 Å². The maximum atomic E-state index is 14.6. The van der Waals surface area contributed by atoms with Crippen LogP contribution in [-0.2, 0) is 52.2 Å². The van der Waals surface area contributed by atoms with Gasteiger partial charge in [0, 0.05) is 74.5 Å². The van der Waals surface area contributed by atoms with Gasteiger partial charge in [0.2, 0.25) is 5.43 Å². The average Bonchev–Trinajstić information content (AvgIpc) is 3.77. The van der Waals surface area contributed by atoms with E-state index in [9.17, 15) is 39.6 Å². The molecule has 1 aliphatic carbocycles. The number of likely N-dealkylation sites (N-methyl/N-ethyl adjacent to an activating group) is 2. The lowest BCUT2D eigenvalue weighted by molar-refractivity contribution is -0.318. The van der Waals surface area contributed by atoms with Crippen molar-refractivity contribution in [2.45, 2.75) is 223 Å². The Kier molecular flexibility index (Phi) is 23.3. The summed E-state index contributed by atoms with van der Waals surface area (Å²) in [6.45, 7) is 21.4. The number of methoxy groups -OCH3 is 1. The fourth-order valence-electron chi connectivity index (χ4n) is 13.3. The van der Waals surface area contributed by atoms with Crippen molar-refractivity contribution < 1.29 is 77.4 Å². The van der Waals surface area contributed by atoms with E-state index in [2.05, 4.69) is 10.2 Å². The Morgan fingerprint density at radius 3 is 2.27 bits per heavy atom. The van der Waals surface area contributed by atoms with Gasteiger partial charge in [0.1, 0.15) is 41.7 Å². The second-order valence-corrected chi connectivity index (χ2v) is 25.8. The summed E-state index contributed by atoms with van der Waals surface area (Å²) in [5.41, 5.74) is -3.61. The lowest BCUT2D eigenvalue weighted by atomic mass is 9.77. The molecule has 1 aromatic carbocycles. The number of nitrogens with one attached hydrogen (secondary N) is 1. The molecule has 4 saturated heterocycles. The SMILES string of the molecule is CC[C@H]1OC(=O)[C@H](C)[C@@H](O[C@H]2C[C@@](C)(OC)[C@@H](OC(=O)CCOCCNc3ccc4c(c3)c(=O)c(C(=O)OCCN3CCCC3)cn4C3CC3)[C@H](C)O2)[C@H](C)[C@@H](O[C@@H]2O[C@H](C)C[C@H](N(C)C)[C@H]2O)[C@](C)(O)C[C@@H](C)CN(C)[C@H](C)[C@@H](O)[C@]1(C)O. The molecule has 0 unspecified atom stereocenters. The fraction of sp³-hybridized carbons (Fsp3) is 0.806. The van der Waals surface area contributed by atoms with E-state index >= 15 is 0 Å². The Hall–Kier alpha value is -3.88. The number of cyclic esters (lactones) is 1. The minimum absolute atomic E-state index is 0.0252. The number of likely N-dealkylation sites (tertiary alicyclic amines) is 1. The molecule has 1 aromatic heterocycles. The number of aliphatic hydroxyl groups is 4. The Balaban J connectivity index is 1.02. The number of benzene rings is 1. The van der Waals surface area contributed by atoms with E-state index in [4.69, 9.17) is 42.6 Å². The van der Waals surface area contributed by atoms with Crippen LogP contribution in [0.3, 0.4) is 0 Å². The highest BCUT2D eigenvalue weighted by Gasteiger charge is 2.54. The predicted octanol–water partition coefficient (Wildman–Crippen LogP) is 4.87. The first kappa shape index (κ1) is 67.6. The molecule has 0 amide bonds. The lowest BCUT2D eigenvalue weighted by Gasteiger charge is -2.49. The molecular formula is C62H101N5O17. The van der Waals surface area contributed by atoms with Gasteiger partial charge in [-0.2, -0.15) is 0 Å². The molecule has 0 spiro atoms. The van der Waals surface area contributed by atoms with Crippen LogP contribution in [0.5, 0.6) is 0 Å². The van der Waals surface area contributed by atoms with Gasteiger partial charge >= 0.3 is 17.9 Å².